The summed E-state index contributed by atoms with van der Waals surface area (Å²) >= 11 is 0. The van der Waals surface area contributed by atoms with Crippen molar-refractivity contribution < 1.29 is 39.0 Å². The van der Waals surface area contributed by atoms with Crippen LogP contribution in [0.5, 0.6) is 5.75 Å². The van der Waals surface area contributed by atoms with Crippen molar-refractivity contribution in [2.75, 3.05) is 13.6 Å². The highest BCUT2D eigenvalue weighted by Crippen LogP contribution is 2.14. The van der Waals surface area contributed by atoms with Gasteiger partial charge in [0.15, 0.2) is 5.96 Å². The van der Waals surface area contributed by atoms with Crippen molar-refractivity contribution in [2.24, 2.45) is 23.3 Å². The van der Waals surface area contributed by atoms with Gasteiger partial charge >= 0.3 is 5.97 Å². The molecule has 5 atom stereocenters. The molecule has 49 heavy (non-hydrogen) atoms. The standard InChI is InChI=1S/C32H53N9O8/c1-17(2)13-22(29(47)39-23(14-18(3)4)30(48)41-25(16-26(43)44)28(46)36-5)40-31(49)24(15-19-8-10-20(42)11-9-19)38-27(45)21(33)7-6-12-37-32(34)35/h8-11,17-18,21-25,42H,6-7,12-16,33H2,1-5H3,(H,36,46)(H,38,45)(H,39,47)(H,40,49)(H,41,48)(H,43,44)(H4,34,35,37)/t21-,22-,23-,24-,25-/m0/s1. The van der Waals surface area contributed by atoms with E-state index >= 15 is 0 Å². The van der Waals surface area contributed by atoms with Crippen LogP contribution in [0.15, 0.2) is 24.3 Å². The topological polar surface area (TPSA) is 291 Å². The van der Waals surface area contributed by atoms with E-state index in [0.29, 0.717) is 18.5 Å². The van der Waals surface area contributed by atoms with E-state index in [1.165, 1.54) is 19.2 Å². The zero-order chi connectivity index (χ0) is 37.3. The molecule has 0 saturated carbocycles. The van der Waals surface area contributed by atoms with Crippen molar-refractivity contribution in [1.82, 2.24) is 31.9 Å². The summed E-state index contributed by atoms with van der Waals surface area (Å²) in [6.07, 6.45) is 0.278. The maximum absolute atomic E-state index is 13.7. The molecule has 1 aromatic carbocycles. The number of guanidine groups is 1. The zero-order valence-corrected chi connectivity index (χ0v) is 28.8. The van der Waals surface area contributed by atoms with Gasteiger partial charge in [0.25, 0.3) is 0 Å². The summed E-state index contributed by atoms with van der Waals surface area (Å²) in [6, 6.07) is 0.164. The second-order valence-corrected chi connectivity index (χ2v) is 12.7. The van der Waals surface area contributed by atoms with Crippen LogP contribution >= 0.6 is 0 Å². The van der Waals surface area contributed by atoms with Crippen LogP contribution in [0.1, 0.15) is 65.4 Å². The Labute approximate surface area is 286 Å². The molecule has 0 bridgehead atoms. The fourth-order valence-electron chi connectivity index (χ4n) is 4.81. The lowest BCUT2D eigenvalue weighted by atomic mass is 9.98. The number of carbonyl (C=O) groups excluding carboxylic acids is 5. The average Bonchev–Trinajstić information content (AvgIpc) is 3.01. The molecule has 0 aromatic heterocycles. The van der Waals surface area contributed by atoms with Gasteiger partial charge in [-0.2, -0.15) is 0 Å². The van der Waals surface area contributed by atoms with Crippen molar-refractivity contribution in [1.29, 1.82) is 5.41 Å². The molecule has 0 radical (unpaired) electrons. The van der Waals surface area contributed by atoms with Crippen LogP contribution in [-0.2, 0) is 35.2 Å². The monoisotopic (exact) mass is 691 g/mol. The Morgan fingerprint density at radius 3 is 1.67 bits per heavy atom. The molecule has 0 fully saturated rings. The van der Waals surface area contributed by atoms with E-state index < -0.39 is 72.1 Å². The van der Waals surface area contributed by atoms with Gasteiger partial charge in [0.05, 0.1) is 12.5 Å². The number of nitrogens with one attached hydrogen (secondary N) is 7. The van der Waals surface area contributed by atoms with E-state index in [1.54, 1.807) is 12.1 Å². The second-order valence-electron chi connectivity index (χ2n) is 12.7. The van der Waals surface area contributed by atoms with Crippen molar-refractivity contribution >= 4 is 41.5 Å². The molecule has 5 amide bonds. The number of carboxylic acid groups (broad SMARTS) is 1. The Morgan fingerprint density at radius 1 is 0.755 bits per heavy atom. The Morgan fingerprint density at radius 2 is 1.22 bits per heavy atom. The van der Waals surface area contributed by atoms with E-state index in [9.17, 15) is 39.0 Å². The predicted octanol–water partition coefficient (Wildman–Crippen LogP) is -1.22. The number of phenolic OH excluding ortho intramolecular Hbond substituents is 1. The number of hydrogen-bond acceptors (Lipinski definition) is 9. The number of rotatable bonds is 21. The Kier molecular flexibility index (Phi) is 18.1. The highest BCUT2D eigenvalue weighted by molar-refractivity contribution is 5.96. The summed E-state index contributed by atoms with van der Waals surface area (Å²) in [5.74, 6) is -5.20. The number of phenols is 1. The van der Waals surface area contributed by atoms with Gasteiger partial charge in [0.1, 0.15) is 29.9 Å². The average molecular weight is 692 g/mol. The molecule has 0 heterocycles. The molecular weight excluding hydrogens is 638 g/mol. The van der Waals surface area contributed by atoms with Gasteiger partial charge in [-0.25, -0.2) is 0 Å². The Hall–Kier alpha value is -4.93. The van der Waals surface area contributed by atoms with Gasteiger partial charge in [-0.1, -0.05) is 39.8 Å². The summed E-state index contributed by atoms with van der Waals surface area (Å²) in [7, 11) is 1.30. The minimum atomic E-state index is -1.38. The molecule has 13 N–H and O–H groups in total. The molecule has 0 aliphatic rings. The lowest BCUT2D eigenvalue weighted by Gasteiger charge is -2.28. The number of amides is 5. The van der Waals surface area contributed by atoms with Gasteiger partial charge < -0.3 is 53.6 Å². The van der Waals surface area contributed by atoms with Gasteiger partial charge in [-0.05, 0) is 55.2 Å². The number of aliphatic carboxylic acids is 1. The van der Waals surface area contributed by atoms with Crippen molar-refractivity contribution in [3.63, 3.8) is 0 Å². The quantitative estimate of drug-likeness (QED) is 0.0412. The van der Waals surface area contributed by atoms with Crippen LogP contribution in [0.25, 0.3) is 0 Å². The molecule has 0 aliphatic heterocycles. The third-order valence-electron chi connectivity index (χ3n) is 7.29. The first kappa shape index (κ1) is 42.1. The highest BCUT2D eigenvalue weighted by atomic mass is 16.4. The molecule has 1 aromatic rings. The van der Waals surface area contributed by atoms with Crippen molar-refractivity contribution in [3.8, 4) is 5.75 Å². The van der Waals surface area contributed by atoms with E-state index in [1.807, 2.05) is 27.7 Å². The van der Waals surface area contributed by atoms with Crippen LogP contribution in [0.3, 0.4) is 0 Å². The predicted molar refractivity (Wildman–Crippen MR) is 182 cm³/mol. The van der Waals surface area contributed by atoms with Crippen LogP contribution in [0.2, 0.25) is 0 Å². The molecule has 274 valence electrons. The van der Waals surface area contributed by atoms with Gasteiger partial charge in [0.2, 0.25) is 29.5 Å². The number of likely N-dealkylation sites (N-methyl/N-ethyl adjacent to an activating group) is 1. The van der Waals surface area contributed by atoms with Crippen molar-refractivity contribution in [3.05, 3.63) is 29.8 Å². The molecule has 0 spiro atoms. The van der Waals surface area contributed by atoms with Gasteiger partial charge in [-0.15, -0.1) is 0 Å². The Balaban J connectivity index is 3.24. The van der Waals surface area contributed by atoms with E-state index in [0.717, 1.165) is 0 Å². The summed E-state index contributed by atoms with van der Waals surface area (Å²) < 4.78 is 0. The fraction of sp³-hybridized carbons (Fsp3) is 0.594. The third-order valence-corrected chi connectivity index (χ3v) is 7.29. The SMILES string of the molecule is CNC(=O)[C@H](CC(=O)O)NC(=O)[C@H](CC(C)C)NC(=O)[C@H](CC(C)C)NC(=O)[C@H](Cc1ccc(O)cc1)NC(=O)[C@@H](N)CCCNC(=N)N. The number of carboxylic acids is 1. The maximum Gasteiger partial charge on any atom is 0.305 e. The zero-order valence-electron chi connectivity index (χ0n) is 28.8. The maximum atomic E-state index is 13.7. The van der Waals surface area contributed by atoms with Crippen LogP contribution in [-0.4, -0.2) is 95.5 Å². The highest BCUT2D eigenvalue weighted by Gasteiger charge is 2.33. The smallest absolute Gasteiger partial charge is 0.305 e. The molecule has 0 unspecified atom stereocenters. The fourth-order valence-corrected chi connectivity index (χ4v) is 4.81. The number of nitrogens with two attached hydrogens (primary N) is 2. The number of aromatic hydroxyl groups is 1. The van der Waals surface area contributed by atoms with Crippen LogP contribution in [0, 0.1) is 17.2 Å². The number of carbonyl (C=O) groups is 6. The molecule has 17 heteroatoms. The minimum absolute atomic E-state index is 0.00464. The third kappa shape index (κ3) is 16.6. The van der Waals surface area contributed by atoms with Gasteiger partial charge in [-0.3, -0.25) is 34.2 Å². The molecule has 17 nitrogen and oxygen atoms in total. The second kappa shape index (κ2) is 21.1. The summed E-state index contributed by atoms with van der Waals surface area (Å²) in [5, 5.41) is 41.5. The molecule has 1 rings (SSSR count). The normalized spacial score (nSPS) is 14.0. The lowest BCUT2D eigenvalue weighted by Crippen LogP contribution is -2.59. The Bertz CT molecular complexity index is 1290. The molecule has 0 aliphatic carbocycles. The summed E-state index contributed by atoms with van der Waals surface area (Å²) in [5.41, 5.74) is 11.9. The van der Waals surface area contributed by atoms with Crippen molar-refractivity contribution in [2.45, 2.75) is 96.4 Å². The van der Waals surface area contributed by atoms with E-state index in [2.05, 4.69) is 31.9 Å². The minimum Gasteiger partial charge on any atom is -0.508 e. The first-order chi connectivity index (χ1) is 22.9. The molecular formula is C32H53N9O8. The lowest BCUT2D eigenvalue weighted by molar-refractivity contribution is -0.141. The van der Waals surface area contributed by atoms with Crippen LogP contribution in [0.4, 0.5) is 0 Å². The largest absolute Gasteiger partial charge is 0.508 e. The molecule has 0 saturated heterocycles. The first-order valence-electron chi connectivity index (χ1n) is 16.2. The summed E-state index contributed by atoms with van der Waals surface area (Å²) in [4.78, 5) is 77.2. The van der Waals surface area contributed by atoms with Gasteiger partial charge in [0, 0.05) is 20.0 Å². The van der Waals surface area contributed by atoms with E-state index in [4.69, 9.17) is 16.9 Å². The number of benzene rings is 1. The summed E-state index contributed by atoms with van der Waals surface area (Å²) in [6.45, 7) is 7.62. The van der Waals surface area contributed by atoms with E-state index in [-0.39, 0.29) is 49.2 Å². The number of hydrogen-bond donors (Lipinski definition) is 11. The first-order valence-corrected chi connectivity index (χ1v) is 16.2. The van der Waals surface area contributed by atoms with Crippen LogP contribution < -0.4 is 43.4 Å².